The quantitative estimate of drug-likeness (QED) is 0.163. The number of unbranched alkanes of at least 4 members (excludes halogenated alkanes) is 1. The molecule has 12 heteroatoms. The smallest absolute Gasteiger partial charge is 0.252 e. The second-order valence-electron chi connectivity index (χ2n) is 9.60. The molecule has 3 aromatic rings. The van der Waals surface area contributed by atoms with Gasteiger partial charge in [0.25, 0.3) is 5.91 Å². The summed E-state index contributed by atoms with van der Waals surface area (Å²) in [4.78, 5) is 32.5. The number of nitrogens with one attached hydrogen (secondary N) is 2. The molecule has 2 amide bonds. The zero-order valence-electron chi connectivity index (χ0n) is 23.3. The normalized spacial score (nSPS) is 11.2. The monoisotopic (exact) mass is 580 g/mol. The Labute approximate surface area is 243 Å². The van der Waals surface area contributed by atoms with Crippen LogP contribution >= 0.6 is 23.1 Å². The number of hydrogen-bond acceptors (Lipinski definition) is 9. The Kier molecular flexibility index (Phi) is 11.6. The van der Waals surface area contributed by atoms with Gasteiger partial charge in [0, 0.05) is 46.0 Å². The van der Waals surface area contributed by atoms with Crippen LogP contribution in [-0.4, -0.2) is 60.4 Å². The summed E-state index contributed by atoms with van der Waals surface area (Å²) in [7, 11) is 7.86. The van der Waals surface area contributed by atoms with Crippen LogP contribution in [0.2, 0.25) is 0 Å². The second kappa shape index (κ2) is 15.1. The van der Waals surface area contributed by atoms with Gasteiger partial charge in [-0.3, -0.25) is 15.0 Å². The van der Waals surface area contributed by atoms with Crippen LogP contribution in [0.1, 0.15) is 35.4 Å². The minimum absolute atomic E-state index is 0.0815. The summed E-state index contributed by atoms with van der Waals surface area (Å²) >= 11 is 2.37. The summed E-state index contributed by atoms with van der Waals surface area (Å²) in [5, 5.41) is 21.0. The number of benzene rings is 2. The van der Waals surface area contributed by atoms with Crippen molar-refractivity contribution in [2.24, 2.45) is 10.7 Å². The molecule has 212 valence electrons. The van der Waals surface area contributed by atoms with Gasteiger partial charge in [0.05, 0.1) is 17.9 Å². The summed E-state index contributed by atoms with van der Waals surface area (Å²) in [6.45, 7) is 0. The summed E-state index contributed by atoms with van der Waals surface area (Å²) < 4.78 is 0. The highest BCUT2D eigenvalue weighted by Gasteiger charge is 2.11. The Hall–Kier alpha value is -3.77. The third kappa shape index (κ3) is 10.4. The van der Waals surface area contributed by atoms with Crippen LogP contribution < -0.4 is 20.9 Å². The first-order chi connectivity index (χ1) is 19.1. The number of amidine groups is 1. The van der Waals surface area contributed by atoms with Crippen molar-refractivity contribution < 1.29 is 9.59 Å². The van der Waals surface area contributed by atoms with Crippen molar-refractivity contribution in [3.8, 4) is 0 Å². The van der Waals surface area contributed by atoms with E-state index in [0.29, 0.717) is 23.0 Å². The number of aliphatic imine (C=N–C) groups is 1. The molecular weight excluding hydrogens is 544 g/mol. The van der Waals surface area contributed by atoms with Crippen LogP contribution in [0.25, 0.3) is 0 Å². The number of carbonyl (C=O) groups excluding carboxylic acids is 2. The molecule has 1 aromatic heterocycles. The third-order valence-electron chi connectivity index (χ3n) is 5.85. The van der Waals surface area contributed by atoms with Crippen molar-refractivity contribution in [1.82, 2.24) is 10.2 Å². The zero-order valence-corrected chi connectivity index (χ0v) is 24.9. The molecule has 1 heterocycles. The molecule has 4 N–H and O–H groups in total. The van der Waals surface area contributed by atoms with Gasteiger partial charge in [-0.25, -0.2) is 0 Å². The van der Waals surface area contributed by atoms with Gasteiger partial charge < -0.3 is 20.9 Å². The molecule has 0 bridgehead atoms. The number of thioether (sulfide) groups is 1. The van der Waals surface area contributed by atoms with E-state index in [0.717, 1.165) is 52.1 Å². The van der Waals surface area contributed by atoms with Gasteiger partial charge in [-0.15, -0.1) is 10.2 Å². The fraction of sp³-hybridized carbons (Fsp3) is 0.357. The topological polar surface area (TPSA) is 141 Å². The Balaban J connectivity index is 1.34. The lowest BCUT2D eigenvalue weighted by molar-refractivity contribution is -0.117. The molecule has 0 radical (unpaired) electrons. The molecule has 0 spiro atoms. The lowest BCUT2D eigenvalue weighted by Crippen LogP contribution is -2.14. The van der Waals surface area contributed by atoms with Gasteiger partial charge in [-0.2, -0.15) is 4.99 Å². The highest BCUT2D eigenvalue weighted by molar-refractivity contribution is 8.26. The molecule has 10 nitrogen and oxygen atoms in total. The fourth-order valence-electron chi connectivity index (χ4n) is 3.68. The van der Waals surface area contributed by atoms with Gasteiger partial charge in [0.15, 0.2) is 5.17 Å². The fourth-order valence-corrected chi connectivity index (χ4v) is 5.12. The predicted octanol–water partition coefficient (Wildman–Crippen LogP) is 4.36. The lowest BCUT2D eigenvalue weighted by atomic mass is 10.1. The van der Waals surface area contributed by atoms with Crippen molar-refractivity contribution in [2.45, 2.75) is 38.5 Å². The van der Waals surface area contributed by atoms with E-state index in [9.17, 15) is 9.59 Å². The van der Waals surface area contributed by atoms with Crippen LogP contribution in [-0.2, 0) is 28.9 Å². The van der Waals surface area contributed by atoms with Gasteiger partial charge in [0.1, 0.15) is 5.01 Å². The third-order valence-corrected chi connectivity index (χ3v) is 7.50. The molecule has 0 aliphatic rings. The first-order valence-electron chi connectivity index (χ1n) is 12.9. The number of carbonyl (C=O) groups is 2. The highest BCUT2D eigenvalue weighted by Crippen LogP contribution is 2.20. The SMILES string of the molecule is CN(C)c1ccc(CC(=O)N=C(N)SC(=N)CCCCc2nnc(NC(=O)Cc3ccc(N(C)C)cc3)s2)cc1. The van der Waals surface area contributed by atoms with E-state index in [-0.39, 0.29) is 29.8 Å². The molecule has 0 saturated carbocycles. The Morgan fingerprint density at radius 1 is 0.925 bits per heavy atom. The van der Waals surface area contributed by atoms with E-state index < -0.39 is 0 Å². The van der Waals surface area contributed by atoms with Crippen LogP contribution in [0, 0.1) is 5.41 Å². The number of aryl methyl sites for hydroxylation is 1. The van der Waals surface area contributed by atoms with E-state index in [2.05, 4.69) is 20.5 Å². The maximum Gasteiger partial charge on any atom is 0.252 e. The van der Waals surface area contributed by atoms with Crippen LogP contribution in [0.5, 0.6) is 0 Å². The van der Waals surface area contributed by atoms with E-state index in [1.807, 2.05) is 86.5 Å². The number of aromatic nitrogens is 2. The van der Waals surface area contributed by atoms with Crippen LogP contribution in [0.3, 0.4) is 0 Å². The summed E-state index contributed by atoms with van der Waals surface area (Å²) in [5.41, 5.74) is 9.82. The first kappa shape index (κ1) is 30.8. The van der Waals surface area contributed by atoms with Crippen molar-refractivity contribution in [1.29, 1.82) is 5.41 Å². The van der Waals surface area contributed by atoms with Gasteiger partial charge in [-0.05, 0) is 66.4 Å². The number of nitrogens with two attached hydrogens (primary N) is 1. The average molecular weight is 581 g/mol. The molecule has 0 fully saturated rings. The molecule has 0 saturated heterocycles. The minimum atomic E-state index is -0.336. The maximum absolute atomic E-state index is 12.4. The van der Waals surface area contributed by atoms with Crippen molar-refractivity contribution in [3.63, 3.8) is 0 Å². The van der Waals surface area contributed by atoms with E-state index in [1.54, 1.807) is 0 Å². The van der Waals surface area contributed by atoms with Gasteiger partial charge in [-0.1, -0.05) is 35.6 Å². The number of hydrogen-bond donors (Lipinski definition) is 3. The largest absolute Gasteiger partial charge is 0.378 e. The van der Waals surface area contributed by atoms with E-state index in [1.165, 1.54) is 11.3 Å². The number of rotatable bonds is 12. The average Bonchev–Trinajstić information content (AvgIpc) is 3.33. The molecule has 3 rings (SSSR count). The van der Waals surface area contributed by atoms with Gasteiger partial charge >= 0.3 is 0 Å². The molecule has 0 unspecified atom stereocenters. The number of anilines is 3. The van der Waals surface area contributed by atoms with Gasteiger partial charge in [0.2, 0.25) is 11.0 Å². The van der Waals surface area contributed by atoms with Crippen molar-refractivity contribution in [2.75, 3.05) is 43.3 Å². The Morgan fingerprint density at radius 2 is 1.50 bits per heavy atom. The molecule has 0 aliphatic heterocycles. The summed E-state index contributed by atoms with van der Waals surface area (Å²) in [6, 6.07) is 15.5. The maximum atomic E-state index is 12.4. The second-order valence-corrected chi connectivity index (χ2v) is 11.8. The Bertz CT molecular complexity index is 1320. The predicted molar refractivity (Wildman–Crippen MR) is 167 cm³/mol. The lowest BCUT2D eigenvalue weighted by Gasteiger charge is -2.12. The van der Waals surface area contributed by atoms with E-state index in [4.69, 9.17) is 11.1 Å². The summed E-state index contributed by atoms with van der Waals surface area (Å²) in [6.07, 6.45) is 3.22. The Morgan fingerprint density at radius 3 is 2.08 bits per heavy atom. The van der Waals surface area contributed by atoms with Crippen LogP contribution in [0.15, 0.2) is 53.5 Å². The van der Waals surface area contributed by atoms with E-state index >= 15 is 0 Å². The number of amides is 2. The molecule has 2 aromatic carbocycles. The number of nitrogens with zero attached hydrogens (tertiary/aromatic N) is 5. The minimum Gasteiger partial charge on any atom is -0.378 e. The van der Waals surface area contributed by atoms with Crippen LogP contribution in [0.4, 0.5) is 16.5 Å². The summed E-state index contributed by atoms with van der Waals surface area (Å²) in [5.74, 6) is -0.470. The van der Waals surface area contributed by atoms with Crippen molar-refractivity contribution in [3.05, 3.63) is 64.7 Å². The molecule has 0 aliphatic carbocycles. The highest BCUT2D eigenvalue weighted by atomic mass is 32.2. The molecule has 40 heavy (non-hydrogen) atoms. The van der Waals surface area contributed by atoms with Crippen molar-refractivity contribution >= 4 is 61.6 Å². The first-order valence-corrected chi connectivity index (χ1v) is 14.5. The molecule has 0 atom stereocenters. The zero-order chi connectivity index (χ0) is 29.1. The standard InChI is InChI=1S/C28H36N8O2S2/c1-35(2)21-13-9-19(10-14-21)17-24(37)31-27(30)39-23(29)7-5-6-8-26-33-34-28(40-26)32-25(38)18-20-11-15-22(16-12-20)36(3)4/h9-16,29H,5-8,17-18H2,1-4H3,(H2,30,31,37)(H,32,34,38). The molecular formula is C28H36N8O2S2.